The van der Waals surface area contributed by atoms with E-state index in [1.165, 1.54) is 0 Å². The minimum absolute atomic E-state index is 0.141. The van der Waals surface area contributed by atoms with Gasteiger partial charge in [-0.2, -0.15) is 0 Å². The number of amidine groups is 1. The second-order valence-corrected chi connectivity index (χ2v) is 4.08. The van der Waals surface area contributed by atoms with Gasteiger partial charge in [0.05, 0.1) is 0 Å². The molecule has 0 atom stereocenters. The van der Waals surface area contributed by atoms with Crippen LogP contribution in [0.25, 0.3) is 0 Å². The number of nitrogen functional groups attached to an aromatic ring is 1. The van der Waals surface area contributed by atoms with E-state index in [9.17, 15) is 0 Å². The first-order chi connectivity index (χ1) is 7.02. The Balaban J connectivity index is 2.89. The van der Waals surface area contributed by atoms with Crippen LogP contribution in [0.3, 0.4) is 0 Å². The molecule has 3 heteroatoms. The molecule has 0 saturated heterocycles. The van der Waals surface area contributed by atoms with E-state index in [1.807, 2.05) is 24.3 Å². The van der Waals surface area contributed by atoms with Crippen LogP contribution in [0.1, 0.15) is 25.0 Å². The maximum absolute atomic E-state index is 7.49. The lowest BCUT2D eigenvalue weighted by molar-refractivity contribution is 0.265. The Morgan fingerprint density at radius 1 is 1.40 bits per heavy atom. The monoisotopic (exact) mass is 205 g/mol. The number of rotatable bonds is 4. The number of nitrogens with two attached hydrogens (primary N) is 1. The van der Waals surface area contributed by atoms with Crippen LogP contribution < -0.4 is 5.73 Å². The molecule has 0 unspecified atom stereocenters. The van der Waals surface area contributed by atoms with Gasteiger partial charge < -0.3 is 5.73 Å². The van der Waals surface area contributed by atoms with Crippen LogP contribution in [0.4, 0.5) is 0 Å². The van der Waals surface area contributed by atoms with Crippen molar-refractivity contribution in [1.82, 2.24) is 4.90 Å². The van der Waals surface area contributed by atoms with Crippen molar-refractivity contribution in [1.29, 1.82) is 5.41 Å². The molecule has 3 nitrogen and oxygen atoms in total. The van der Waals surface area contributed by atoms with Gasteiger partial charge in [0.15, 0.2) is 0 Å². The van der Waals surface area contributed by atoms with Crippen molar-refractivity contribution in [2.24, 2.45) is 5.73 Å². The van der Waals surface area contributed by atoms with Gasteiger partial charge in [-0.15, -0.1) is 0 Å². The molecule has 0 aliphatic carbocycles. The highest BCUT2D eigenvalue weighted by atomic mass is 15.1. The van der Waals surface area contributed by atoms with Crippen LogP contribution in [0.2, 0.25) is 0 Å². The summed E-state index contributed by atoms with van der Waals surface area (Å²) in [7, 11) is 2.07. The highest BCUT2D eigenvalue weighted by Crippen LogP contribution is 2.11. The van der Waals surface area contributed by atoms with Crippen LogP contribution in [0.5, 0.6) is 0 Å². The molecule has 0 amide bonds. The first-order valence-corrected chi connectivity index (χ1v) is 5.15. The molecule has 0 fully saturated rings. The first-order valence-electron chi connectivity index (χ1n) is 5.15. The van der Waals surface area contributed by atoms with Gasteiger partial charge in [0, 0.05) is 18.2 Å². The summed E-state index contributed by atoms with van der Waals surface area (Å²) >= 11 is 0. The lowest BCUT2D eigenvalue weighted by Gasteiger charge is -2.22. The highest BCUT2D eigenvalue weighted by molar-refractivity contribution is 5.96. The van der Waals surface area contributed by atoms with E-state index in [1.54, 1.807) is 0 Å². The maximum Gasteiger partial charge on any atom is 0.123 e. The van der Waals surface area contributed by atoms with E-state index in [0.717, 1.165) is 17.7 Å². The fourth-order valence-corrected chi connectivity index (χ4v) is 1.37. The third kappa shape index (κ3) is 3.06. The molecule has 15 heavy (non-hydrogen) atoms. The molecular formula is C12H19N3. The summed E-state index contributed by atoms with van der Waals surface area (Å²) in [5.74, 6) is 0.141. The fraction of sp³-hybridized carbons (Fsp3) is 0.417. The molecule has 1 aromatic rings. The molecule has 0 spiro atoms. The van der Waals surface area contributed by atoms with Crippen molar-refractivity contribution in [3.63, 3.8) is 0 Å². The predicted octanol–water partition coefficient (Wildman–Crippen LogP) is 1.81. The Bertz CT molecular complexity index is 344. The third-order valence-corrected chi connectivity index (χ3v) is 2.61. The largest absolute Gasteiger partial charge is 0.384 e. The van der Waals surface area contributed by atoms with Crippen molar-refractivity contribution < 1.29 is 0 Å². The molecule has 0 aliphatic rings. The van der Waals surface area contributed by atoms with Gasteiger partial charge in [0.1, 0.15) is 5.84 Å². The second kappa shape index (κ2) is 4.94. The van der Waals surface area contributed by atoms with Crippen LogP contribution >= 0.6 is 0 Å². The van der Waals surface area contributed by atoms with Crippen LogP contribution in [0, 0.1) is 5.41 Å². The van der Waals surface area contributed by atoms with Gasteiger partial charge in [-0.25, -0.2) is 0 Å². The average molecular weight is 205 g/mol. The summed E-state index contributed by atoms with van der Waals surface area (Å²) in [6, 6.07) is 8.30. The Hall–Kier alpha value is -1.35. The molecule has 0 heterocycles. The van der Waals surface area contributed by atoms with Gasteiger partial charge in [-0.1, -0.05) is 24.3 Å². The summed E-state index contributed by atoms with van der Waals surface area (Å²) in [4.78, 5) is 2.22. The van der Waals surface area contributed by atoms with Crippen molar-refractivity contribution in [2.45, 2.75) is 26.4 Å². The summed E-state index contributed by atoms with van der Waals surface area (Å²) in [6.45, 7) is 5.13. The Kier molecular flexibility index (Phi) is 3.86. The van der Waals surface area contributed by atoms with Crippen LogP contribution in [-0.2, 0) is 6.54 Å². The summed E-state index contributed by atoms with van der Waals surface area (Å²) in [6.07, 6.45) is 0. The third-order valence-electron chi connectivity index (χ3n) is 2.61. The smallest absolute Gasteiger partial charge is 0.123 e. The standard InChI is InChI=1S/C12H19N3/c1-9(2)15(3)8-10-6-4-5-7-11(10)12(13)14/h4-7,9H,8H2,1-3H3,(H3,13,14). The molecule has 0 saturated carbocycles. The average Bonchev–Trinajstić information content (AvgIpc) is 2.18. The number of nitrogens with zero attached hydrogens (tertiary/aromatic N) is 1. The lowest BCUT2D eigenvalue weighted by atomic mass is 10.1. The fourth-order valence-electron chi connectivity index (χ4n) is 1.37. The number of hydrogen-bond donors (Lipinski definition) is 2. The summed E-state index contributed by atoms with van der Waals surface area (Å²) < 4.78 is 0. The lowest BCUT2D eigenvalue weighted by Crippen LogP contribution is -2.27. The summed E-state index contributed by atoms with van der Waals surface area (Å²) in [5, 5.41) is 7.49. The molecule has 82 valence electrons. The predicted molar refractivity (Wildman–Crippen MR) is 64.1 cm³/mol. The molecule has 0 aliphatic heterocycles. The zero-order valence-corrected chi connectivity index (χ0v) is 9.62. The van der Waals surface area contributed by atoms with Gasteiger partial charge in [0.25, 0.3) is 0 Å². The van der Waals surface area contributed by atoms with Crippen molar-refractivity contribution in [3.05, 3.63) is 35.4 Å². The van der Waals surface area contributed by atoms with E-state index in [0.29, 0.717) is 6.04 Å². The van der Waals surface area contributed by atoms with E-state index in [-0.39, 0.29) is 5.84 Å². The Labute approximate surface area is 91.4 Å². The van der Waals surface area contributed by atoms with Crippen molar-refractivity contribution in [2.75, 3.05) is 7.05 Å². The molecule has 1 rings (SSSR count). The van der Waals surface area contributed by atoms with E-state index in [4.69, 9.17) is 11.1 Å². The van der Waals surface area contributed by atoms with Crippen molar-refractivity contribution >= 4 is 5.84 Å². The second-order valence-electron chi connectivity index (χ2n) is 4.08. The van der Waals surface area contributed by atoms with Gasteiger partial charge in [0.2, 0.25) is 0 Å². The Morgan fingerprint density at radius 2 is 2.00 bits per heavy atom. The van der Waals surface area contributed by atoms with Crippen molar-refractivity contribution in [3.8, 4) is 0 Å². The SMILES string of the molecule is CC(C)N(C)Cc1ccccc1C(=N)N. The molecular weight excluding hydrogens is 186 g/mol. The minimum Gasteiger partial charge on any atom is -0.384 e. The molecule has 0 radical (unpaired) electrons. The normalized spacial score (nSPS) is 11.0. The molecule has 1 aromatic carbocycles. The van der Waals surface area contributed by atoms with E-state index >= 15 is 0 Å². The van der Waals surface area contributed by atoms with Gasteiger partial charge in [-0.3, -0.25) is 10.3 Å². The number of hydrogen-bond acceptors (Lipinski definition) is 2. The van der Waals surface area contributed by atoms with Gasteiger partial charge in [-0.05, 0) is 26.5 Å². The zero-order valence-electron chi connectivity index (χ0n) is 9.62. The first kappa shape index (κ1) is 11.7. The van der Waals surface area contributed by atoms with Crippen LogP contribution in [0.15, 0.2) is 24.3 Å². The molecule has 3 N–H and O–H groups in total. The minimum atomic E-state index is 0.141. The van der Waals surface area contributed by atoms with E-state index in [2.05, 4.69) is 25.8 Å². The van der Waals surface area contributed by atoms with E-state index < -0.39 is 0 Å². The highest BCUT2D eigenvalue weighted by Gasteiger charge is 2.08. The summed E-state index contributed by atoms with van der Waals surface area (Å²) in [5.41, 5.74) is 7.48. The Morgan fingerprint density at radius 3 is 2.53 bits per heavy atom. The topological polar surface area (TPSA) is 53.1 Å². The van der Waals surface area contributed by atoms with Crippen LogP contribution in [-0.4, -0.2) is 23.8 Å². The van der Waals surface area contributed by atoms with Gasteiger partial charge >= 0.3 is 0 Å². The number of benzene rings is 1. The zero-order chi connectivity index (χ0) is 11.4. The quantitative estimate of drug-likeness (QED) is 0.582. The molecule has 0 bridgehead atoms. The molecule has 0 aromatic heterocycles. The number of nitrogens with one attached hydrogen (secondary N) is 1. The maximum atomic E-state index is 7.49.